The highest BCUT2D eigenvalue weighted by molar-refractivity contribution is 7.89. The molecule has 3 N–H and O–H groups in total. The van der Waals surface area contributed by atoms with Crippen LogP contribution in [0, 0.1) is 0 Å². The smallest absolute Gasteiger partial charge is 0.245 e. The van der Waals surface area contributed by atoms with Gasteiger partial charge in [-0.3, -0.25) is 4.68 Å². The number of likely N-dealkylation sites (N-methyl/N-ethyl adjacent to an activating group) is 1. The normalized spacial score (nSPS) is 12.2. The third-order valence-electron chi connectivity index (χ3n) is 2.85. The Morgan fingerprint density at radius 1 is 1.44 bits per heavy atom. The Morgan fingerprint density at radius 3 is 2.50 bits per heavy atom. The quantitative estimate of drug-likeness (QED) is 0.707. The zero-order valence-electron chi connectivity index (χ0n) is 11.0. The second-order valence-electron chi connectivity index (χ2n) is 3.94. The van der Waals surface area contributed by atoms with Gasteiger partial charge in [-0.1, -0.05) is 13.8 Å². The largest absolute Gasteiger partial charge is 0.383 e. The van der Waals surface area contributed by atoms with Crippen molar-refractivity contribution >= 4 is 15.8 Å². The van der Waals surface area contributed by atoms with Gasteiger partial charge in [-0.05, 0) is 13.1 Å². The molecule has 0 fully saturated rings. The molecule has 0 bridgehead atoms. The Labute approximate surface area is 108 Å². The van der Waals surface area contributed by atoms with Crippen LogP contribution in [0.5, 0.6) is 0 Å². The summed E-state index contributed by atoms with van der Waals surface area (Å²) in [4.78, 5) is 2.17. The maximum absolute atomic E-state index is 12.0. The predicted molar refractivity (Wildman–Crippen MR) is 70.6 cm³/mol. The number of rotatable bonds is 7. The van der Waals surface area contributed by atoms with E-state index in [0.717, 1.165) is 13.1 Å². The first-order valence-corrected chi connectivity index (χ1v) is 7.40. The van der Waals surface area contributed by atoms with E-state index < -0.39 is 10.0 Å². The monoisotopic (exact) mass is 275 g/mol. The zero-order chi connectivity index (χ0) is 13.8. The molecule has 0 amide bonds. The predicted octanol–water partition coefficient (Wildman–Crippen LogP) is -0.378. The van der Waals surface area contributed by atoms with E-state index in [0.29, 0.717) is 13.1 Å². The number of aryl methyl sites for hydroxylation is 1. The van der Waals surface area contributed by atoms with Gasteiger partial charge in [-0.15, -0.1) is 0 Å². The lowest BCUT2D eigenvalue weighted by molar-refractivity contribution is 0.309. The molecule has 104 valence electrons. The second-order valence-corrected chi connectivity index (χ2v) is 5.68. The standard InChI is InChI=1S/C10H21N5O2S/c1-4-15(5-2)7-6-13-18(16,17)9-8-12-14(3)10(9)11/h8,13H,4-7,11H2,1-3H3. The first-order valence-electron chi connectivity index (χ1n) is 5.91. The summed E-state index contributed by atoms with van der Waals surface area (Å²) >= 11 is 0. The number of nitrogens with zero attached hydrogens (tertiary/aromatic N) is 3. The average Bonchev–Trinajstić information content (AvgIpc) is 2.66. The Balaban J connectivity index is 2.64. The van der Waals surface area contributed by atoms with E-state index in [1.165, 1.54) is 10.9 Å². The van der Waals surface area contributed by atoms with Gasteiger partial charge in [-0.25, -0.2) is 13.1 Å². The molecule has 0 aliphatic rings. The summed E-state index contributed by atoms with van der Waals surface area (Å²) < 4.78 is 27.8. The zero-order valence-corrected chi connectivity index (χ0v) is 11.9. The molecule has 18 heavy (non-hydrogen) atoms. The number of nitrogens with two attached hydrogens (primary N) is 1. The van der Waals surface area contributed by atoms with Gasteiger partial charge in [-0.2, -0.15) is 5.10 Å². The molecule has 0 atom stereocenters. The molecule has 1 heterocycles. The van der Waals surface area contributed by atoms with Gasteiger partial charge in [0.05, 0.1) is 6.20 Å². The fourth-order valence-corrected chi connectivity index (χ4v) is 2.70. The highest BCUT2D eigenvalue weighted by Crippen LogP contribution is 2.15. The van der Waals surface area contributed by atoms with Gasteiger partial charge in [0.1, 0.15) is 10.7 Å². The van der Waals surface area contributed by atoms with E-state index in [1.54, 1.807) is 7.05 Å². The van der Waals surface area contributed by atoms with Crippen LogP contribution in [-0.4, -0.2) is 49.3 Å². The third-order valence-corrected chi connectivity index (χ3v) is 4.33. The number of sulfonamides is 1. The van der Waals surface area contributed by atoms with Crippen molar-refractivity contribution in [3.05, 3.63) is 6.20 Å². The molecule has 0 aromatic carbocycles. The van der Waals surface area contributed by atoms with Crippen molar-refractivity contribution in [2.24, 2.45) is 7.05 Å². The summed E-state index contributed by atoms with van der Waals surface area (Å²) in [6.45, 7) is 6.90. The van der Waals surface area contributed by atoms with Crippen LogP contribution in [0.1, 0.15) is 13.8 Å². The highest BCUT2D eigenvalue weighted by Gasteiger charge is 2.20. The van der Waals surface area contributed by atoms with Crippen molar-refractivity contribution < 1.29 is 8.42 Å². The van der Waals surface area contributed by atoms with Crippen molar-refractivity contribution in [3.8, 4) is 0 Å². The summed E-state index contributed by atoms with van der Waals surface area (Å²) in [7, 11) is -1.97. The summed E-state index contributed by atoms with van der Waals surface area (Å²) in [6.07, 6.45) is 1.26. The summed E-state index contributed by atoms with van der Waals surface area (Å²) in [5.41, 5.74) is 5.64. The molecule has 0 spiro atoms. The molecule has 8 heteroatoms. The van der Waals surface area contributed by atoms with Crippen molar-refractivity contribution in [2.75, 3.05) is 31.9 Å². The Bertz CT molecular complexity index is 478. The van der Waals surface area contributed by atoms with E-state index in [-0.39, 0.29) is 10.7 Å². The molecule has 1 rings (SSSR count). The number of anilines is 1. The fourth-order valence-electron chi connectivity index (χ4n) is 1.59. The molecule has 7 nitrogen and oxygen atoms in total. The van der Waals surface area contributed by atoms with E-state index in [2.05, 4.69) is 14.7 Å². The molecule has 0 unspecified atom stereocenters. The molecular formula is C10H21N5O2S. The van der Waals surface area contributed by atoms with Crippen molar-refractivity contribution in [3.63, 3.8) is 0 Å². The van der Waals surface area contributed by atoms with Crippen LogP contribution in [0.25, 0.3) is 0 Å². The molecule has 0 aliphatic heterocycles. The van der Waals surface area contributed by atoms with Gasteiger partial charge >= 0.3 is 0 Å². The maximum atomic E-state index is 12.0. The van der Waals surface area contributed by atoms with Crippen LogP contribution in [0.2, 0.25) is 0 Å². The van der Waals surface area contributed by atoms with Gasteiger partial charge in [0.15, 0.2) is 0 Å². The second kappa shape index (κ2) is 6.17. The molecule has 0 saturated heterocycles. The average molecular weight is 275 g/mol. The van der Waals surface area contributed by atoms with Crippen LogP contribution >= 0.6 is 0 Å². The molecule has 1 aromatic heterocycles. The molecule has 1 aromatic rings. The summed E-state index contributed by atoms with van der Waals surface area (Å²) in [6, 6.07) is 0. The highest BCUT2D eigenvalue weighted by atomic mass is 32.2. The first-order chi connectivity index (χ1) is 8.42. The topological polar surface area (TPSA) is 93.2 Å². The minimum Gasteiger partial charge on any atom is -0.383 e. The SMILES string of the molecule is CCN(CC)CCNS(=O)(=O)c1cnn(C)c1N. The lowest BCUT2D eigenvalue weighted by Crippen LogP contribution is -2.34. The minimum atomic E-state index is -3.57. The van der Waals surface area contributed by atoms with Gasteiger partial charge in [0, 0.05) is 20.1 Å². The Kier molecular flexibility index (Phi) is 5.12. The van der Waals surface area contributed by atoms with Crippen LogP contribution in [-0.2, 0) is 17.1 Å². The van der Waals surface area contributed by atoms with Crippen molar-refractivity contribution in [1.29, 1.82) is 0 Å². The number of hydrogen-bond acceptors (Lipinski definition) is 5. The number of nitrogens with one attached hydrogen (secondary N) is 1. The van der Waals surface area contributed by atoms with E-state index in [9.17, 15) is 8.42 Å². The van der Waals surface area contributed by atoms with Gasteiger partial charge in [0.2, 0.25) is 10.0 Å². The van der Waals surface area contributed by atoms with Crippen LogP contribution in [0.15, 0.2) is 11.1 Å². The van der Waals surface area contributed by atoms with E-state index in [4.69, 9.17) is 5.73 Å². The lowest BCUT2D eigenvalue weighted by Gasteiger charge is -2.17. The summed E-state index contributed by atoms with van der Waals surface area (Å²) in [5, 5.41) is 3.82. The third kappa shape index (κ3) is 3.44. The van der Waals surface area contributed by atoms with Gasteiger partial charge < -0.3 is 10.6 Å². The molecule has 0 saturated carbocycles. The van der Waals surface area contributed by atoms with Crippen molar-refractivity contribution in [1.82, 2.24) is 19.4 Å². The van der Waals surface area contributed by atoms with Crippen LogP contribution in [0.4, 0.5) is 5.82 Å². The lowest BCUT2D eigenvalue weighted by atomic mass is 10.5. The number of hydrogen-bond donors (Lipinski definition) is 2. The number of nitrogen functional groups attached to an aromatic ring is 1. The molecular weight excluding hydrogens is 254 g/mol. The maximum Gasteiger partial charge on any atom is 0.245 e. The minimum absolute atomic E-state index is 0.0320. The molecule has 0 aliphatic carbocycles. The van der Waals surface area contributed by atoms with Crippen LogP contribution < -0.4 is 10.5 Å². The van der Waals surface area contributed by atoms with Crippen LogP contribution in [0.3, 0.4) is 0 Å². The van der Waals surface area contributed by atoms with Crippen molar-refractivity contribution in [2.45, 2.75) is 18.7 Å². The first kappa shape index (κ1) is 14.9. The Hall–Kier alpha value is -1.12. The molecule has 0 radical (unpaired) electrons. The fraction of sp³-hybridized carbons (Fsp3) is 0.700. The van der Waals surface area contributed by atoms with E-state index in [1.807, 2.05) is 13.8 Å². The van der Waals surface area contributed by atoms with E-state index >= 15 is 0 Å². The summed E-state index contributed by atoms with van der Waals surface area (Å²) in [5.74, 6) is 0.144. The Morgan fingerprint density at radius 2 is 2.06 bits per heavy atom. The van der Waals surface area contributed by atoms with Gasteiger partial charge in [0.25, 0.3) is 0 Å². The number of aromatic nitrogens is 2.